The Bertz CT molecular complexity index is 3720. The second-order valence-electron chi connectivity index (χ2n) is 28.3. The number of rotatable bonds is 23. The molecule has 2 bridgehead atoms. The van der Waals surface area contributed by atoms with Crippen LogP contribution in [0.3, 0.4) is 0 Å². The van der Waals surface area contributed by atoms with Crippen LogP contribution in [0.15, 0.2) is 259 Å². The van der Waals surface area contributed by atoms with E-state index in [9.17, 15) is 22.6 Å². The zero-order chi connectivity index (χ0) is 75.1. The number of methoxy groups -OCH3 is 1. The Kier molecular flexibility index (Phi) is 34.1. The van der Waals surface area contributed by atoms with Gasteiger partial charge in [0.2, 0.25) is 0 Å². The number of hydrogen-bond donors (Lipinski definition) is 0. The molecule has 12 rings (SSSR count). The van der Waals surface area contributed by atoms with E-state index in [1.54, 1.807) is 7.11 Å². The SMILES string of the molecule is CC(C)(C)OC(=O)n1cnc2ccccc21.CC(C)c1cc(C(C)C)c(S(=O)(=O)[O-])c(C(C)C)c1.CCC12CCC(CC1=O)C2(C)C.COCCOCCOCCOCCN1CCOCC1.c1ccc([S+](c2ccccc2)c2ccccc2)cc1.c1ccc([S+](c2ccccc2)c2ccccc2)cc1. The molecule has 3 fully saturated rings. The van der Waals surface area contributed by atoms with E-state index < -0.39 is 21.8 Å². The lowest BCUT2D eigenvalue weighted by Gasteiger charge is -2.35. The topological polar surface area (TPSA) is 168 Å². The number of aromatic nitrogens is 2. The summed E-state index contributed by atoms with van der Waals surface area (Å²) in [5.41, 5.74) is 3.78. The number of nitrogens with zero attached hydrogens (tertiary/aromatic N) is 3. The molecule has 2 aliphatic carbocycles. The predicted molar refractivity (Wildman–Crippen MR) is 421 cm³/mol. The first-order chi connectivity index (χ1) is 49.9. The van der Waals surface area contributed by atoms with Crippen molar-refractivity contribution in [3.63, 3.8) is 0 Å². The fourth-order valence-electron chi connectivity index (χ4n) is 13.1. The van der Waals surface area contributed by atoms with Gasteiger partial charge in [-0.25, -0.2) is 22.8 Å². The lowest BCUT2D eigenvalue weighted by molar-refractivity contribution is -0.129. The van der Waals surface area contributed by atoms with E-state index in [2.05, 4.69) is 226 Å². The molecule has 0 amide bonds. The highest BCUT2D eigenvalue weighted by atomic mass is 32.2. The number of ketones is 1. The van der Waals surface area contributed by atoms with Crippen molar-refractivity contribution in [2.24, 2.45) is 16.7 Å². The van der Waals surface area contributed by atoms with Crippen LogP contribution < -0.4 is 0 Å². The molecule has 2 atom stereocenters. The Hall–Kier alpha value is -7.26. The number of Topliss-reactive ketones (excluding diaryl/α,β-unsaturated/α-hetero) is 1. The molecule has 0 N–H and O–H groups in total. The summed E-state index contributed by atoms with van der Waals surface area (Å²) in [6.45, 7) is 33.2. The third-order valence-electron chi connectivity index (χ3n) is 18.8. The van der Waals surface area contributed by atoms with Gasteiger partial charge in [0.05, 0.1) is 97.2 Å². The predicted octanol–water partition coefficient (Wildman–Crippen LogP) is 19.2. The van der Waals surface area contributed by atoms with Gasteiger partial charge in [-0.15, -0.1) is 0 Å². The van der Waals surface area contributed by atoms with Crippen molar-refractivity contribution in [1.82, 2.24) is 14.5 Å². The summed E-state index contributed by atoms with van der Waals surface area (Å²) < 4.78 is 67.8. The van der Waals surface area contributed by atoms with Crippen LogP contribution in [-0.4, -0.2) is 131 Å². The lowest BCUT2D eigenvalue weighted by Crippen LogP contribution is -2.38. The highest BCUT2D eigenvalue weighted by molar-refractivity contribution is 7.97. The average molecular weight is 1470 g/mol. The first-order valence-corrected chi connectivity index (χ1v) is 40.4. The molecule has 2 heterocycles. The molecule has 8 aromatic carbocycles. The molecule has 1 aliphatic heterocycles. The molecular weight excluding hydrogens is 1360 g/mol. The molecular formula is C87H112N3O11S3+. The first-order valence-electron chi connectivity index (χ1n) is 36.5. The summed E-state index contributed by atoms with van der Waals surface area (Å²) in [5, 5.41) is 0. The van der Waals surface area contributed by atoms with E-state index in [1.165, 1.54) is 46.7 Å². The van der Waals surface area contributed by atoms with Crippen LogP contribution in [0.1, 0.15) is 143 Å². The van der Waals surface area contributed by atoms with Crippen molar-refractivity contribution in [1.29, 1.82) is 0 Å². The molecule has 1 aromatic heterocycles. The first kappa shape index (κ1) is 84.0. The van der Waals surface area contributed by atoms with Crippen molar-refractivity contribution in [2.75, 3.05) is 86.2 Å². The molecule has 3 aliphatic rings. The largest absolute Gasteiger partial charge is 0.744 e. The van der Waals surface area contributed by atoms with Crippen LogP contribution >= 0.6 is 0 Å². The minimum absolute atomic E-state index is 0.00919. The third kappa shape index (κ3) is 24.9. The smallest absolute Gasteiger partial charge is 0.420 e. The second-order valence-corrected chi connectivity index (χ2v) is 33.7. The fraction of sp³-hybridized carbons (Fsp3) is 0.414. The maximum absolute atomic E-state index is 11.8. The summed E-state index contributed by atoms with van der Waals surface area (Å²) in [6.07, 6.45) is 5.43. The number of ether oxygens (including phenoxy) is 6. The van der Waals surface area contributed by atoms with Gasteiger partial charge in [0, 0.05) is 38.6 Å². The molecule has 1 saturated heterocycles. The van der Waals surface area contributed by atoms with Crippen molar-refractivity contribution < 1.29 is 51.0 Å². The van der Waals surface area contributed by atoms with Crippen molar-refractivity contribution >= 4 is 54.8 Å². The number of imidazole rings is 1. The number of carbonyl (C=O) groups is 2. The number of morpholine rings is 1. The minimum Gasteiger partial charge on any atom is -0.744 e. The van der Waals surface area contributed by atoms with Crippen LogP contribution in [-0.2, 0) is 65.1 Å². The zero-order valence-electron chi connectivity index (χ0n) is 63.5. The van der Waals surface area contributed by atoms with E-state index in [4.69, 9.17) is 28.4 Å². The average Bonchev–Trinajstić information content (AvgIpc) is 1.55. The summed E-state index contributed by atoms with van der Waals surface area (Å²) in [6, 6.07) is 75.5. The molecule has 2 saturated carbocycles. The van der Waals surface area contributed by atoms with E-state index in [0.717, 1.165) is 75.3 Å². The van der Waals surface area contributed by atoms with E-state index >= 15 is 0 Å². The van der Waals surface area contributed by atoms with Crippen molar-refractivity contribution in [2.45, 2.75) is 166 Å². The standard InChI is InChI=1S/2C18H15S.C15H24O3S.C13H27NO5.C12H14N2O2.C11H18O/c2*1-4-10-16(11-5-1)19(17-12-6-2-7-13-17)18-14-8-3-9-15-18;1-9(2)12-7-13(10(3)4)15(19(16,17)18)14(8-12)11(5)6;1-15-8-9-18-12-13-19-11-10-17-7-4-14-2-5-16-6-3-14;1-12(2,3)16-11(15)14-8-13-9-6-4-5-7-10(9)14;1-4-11-6-5-8(7-9(11)12)10(11,2)3/h2*1-15H;7-11H,1-6H3,(H,16,17,18);2-13H2,1H3;4-8H,1-3H3;8H,4-7H2,1-3H3/q2*+1;;;;/p-1. The van der Waals surface area contributed by atoms with Crippen molar-refractivity contribution in [3.05, 3.63) is 241 Å². The molecule has 104 heavy (non-hydrogen) atoms. The molecule has 17 heteroatoms. The van der Waals surface area contributed by atoms with Crippen LogP contribution in [0.25, 0.3) is 11.0 Å². The Morgan fingerprint density at radius 3 is 1.30 bits per heavy atom. The van der Waals surface area contributed by atoms with Gasteiger partial charge in [-0.05, 0) is 171 Å². The number of para-hydroxylation sites is 2. The number of benzene rings is 8. The minimum atomic E-state index is -4.45. The van der Waals surface area contributed by atoms with E-state index in [0.29, 0.717) is 73.8 Å². The van der Waals surface area contributed by atoms with Crippen LogP contribution in [0.2, 0.25) is 0 Å². The molecule has 0 spiro atoms. The van der Waals surface area contributed by atoms with Gasteiger partial charge in [-0.1, -0.05) is 196 Å². The van der Waals surface area contributed by atoms with Crippen LogP contribution in [0.5, 0.6) is 0 Å². The molecule has 9 aromatic rings. The van der Waals surface area contributed by atoms with E-state index in [1.807, 2.05) is 84.9 Å². The second kappa shape index (κ2) is 42.2. The fourth-order valence-corrected chi connectivity index (χ4v) is 18.4. The van der Waals surface area contributed by atoms with Gasteiger partial charge in [-0.2, -0.15) is 0 Å². The van der Waals surface area contributed by atoms with Crippen LogP contribution in [0, 0.1) is 16.7 Å². The Balaban J connectivity index is 0.000000175. The Morgan fingerprint density at radius 1 is 0.587 bits per heavy atom. The van der Waals surface area contributed by atoms with Gasteiger partial charge in [0.15, 0.2) is 29.4 Å². The zero-order valence-corrected chi connectivity index (χ0v) is 66.0. The molecule has 558 valence electrons. The molecule has 2 unspecified atom stereocenters. The number of carbonyl (C=O) groups excluding carboxylic acids is 2. The summed E-state index contributed by atoms with van der Waals surface area (Å²) in [7, 11) is -2.82. The maximum atomic E-state index is 11.8. The van der Waals surface area contributed by atoms with Gasteiger partial charge >= 0.3 is 6.09 Å². The Labute approximate surface area is 627 Å². The van der Waals surface area contributed by atoms with Gasteiger partial charge in [-0.3, -0.25) is 9.69 Å². The molecule has 0 radical (unpaired) electrons. The van der Waals surface area contributed by atoms with Crippen LogP contribution in [0.4, 0.5) is 4.79 Å². The molecule has 14 nitrogen and oxygen atoms in total. The summed E-state index contributed by atoms with van der Waals surface area (Å²) in [4.78, 5) is 38.3. The normalized spacial score (nSPS) is 16.1. The quantitative estimate of drug-likeness (QED) is 0.0337. The maximum Gasteiger partial charge on any atom is 0.420 e. The van der Waals surface area contributed by atoms with E-state index in [-0.39, 0.29) is 43.9 Å². The summed E-state index contributed by atoms with van der Waals surface area (Å²) in [5.74, 6) is 1.56. The van der Waals surface area contributed by atoms with Crippen molar-refractivity contribution in [3.8, 4) is 0 Å². The lowest BCUT2D eigenvalue weighted by atomic mass is 9.67. The third-order valence-corrected chi connectivity index (χ3v) is 24.3. The highest BCUT2D eigenvalue weighted by Gasteiger charge is 2.62. The number of fused-ring (bicyclic) bond motifs is 3. The monoisotopic (exact) mass is 1470 g/mol. The highest BCUT2D eigenvalue weighted by Crippen LogP contribution is 2.65. The Morgan fingerprint density at radius 2 is 0.971 bits per heavy atom. The summed E-state index contributed by atoms with van der Waals surface area (Å²) >= 11 is 0. The van der Waals surface area contributed by atoms with Gasteiger partial charge in [0.25, 0.3) is 0 Å². The van der Waals surface area contributed by atoms with Gasteiger partial charge in [0.1, 0.15) is 27.8 Å². The number of hydrogen-bond acceptors (Lipinski definition) is 13. The van der Waals surface area contributed by atoms with Gasteiger partial charge < -0.3 is 33.0 Å².